The van der Waals surface area contributed by atoms with E-state index in [9.17, 15) is 0 Å². The fourth-order valence-corrected chi connectivity index (χ4v) is 2.46. The summed E-state index contributed by atoms with van der Waals surface area (Å²) in [5, 5.41) is 0. The smallest absolute Gasteiger partial charge is 0.0162 e. The van der Waals surface area contributed by atoms with E-state index in [0.717, 1.165) is 12.3 Å². The minimum Gasteiger partial charge on any atom is -0.0776 e. The summed E-state index contributed by atoms with van der Waals surface area (Å²) in [7, 11) is 0. The molecule has 0 saturated heterocycles. The number of rotatable bonds is 2. The predicted octanol–water partition coefficient (Wildman–Crippen LogP) is 4.93. The Balaban J connectivity index is 0.00000112. The minimum atomic E-state index is 0. The first kappa shape index (κ1) is 12.3. The molecule has 1 aliphatic rings. The van der Waals surface area contributed by atoms with E-state index in [4.69, 9.17) is 0 Å². The van der Waals surface area contributed by atoms with Crippen LogP contribution in [-0.4, -0.2) is 0 Å². The Labute approximate surface area is 94.7 Å². The monoisotopic (exact) mass is 204 g/mol. The van der Waals surface area contributed by atoms with E-state index >= 15 is 0 Å². The molecule has 15 heavy (non-hydrogen) atoms. The van der Waals surface area contributed by atoms with E-state index in [1.165, 1.54) is 37.7 Å². The van der Waals surface area contributed by atoms with Crippen molar-refractivity contribution in [3.05, 3.63) is 35.4 Å². The Hall–Kier alpha value is -0.780. The molecule has 1 aromatic carbocycles. The van der Waals surface area contributed by atoms with Crippen LogP contribution in [0.15, 0.2) is 24.3 Å². The highest BCUT2D eigenvalue weighted by Crippen LogP contribution is 2.32. The molecule has 0 unspecified atom stereocenters. The molecule has 0 amide bonds. The third-order valence-corrected chi connectivity index (χ3v) is 3.46. The summed E-state index contributed by atoms with van der Waals surface area (Å²) in [5.74, 6) is 0.856. The van der Waals surface area contributed by atoms with Crippen molar-refractivity contribution < 1.29 is 0 Å². The highest BCUT2D eigenvalue weighted by molar-refractivity contribution is 5.25. The van der Waals surface area contributed by atoms with E-state index in [-0.39, 0.29) is 7.43 Å². The van der Waals surface area contributed by atoms with Crippen molar-refractivity contribution >= 4 is 0 Å². The second-order valence-corrected chi connectivity index (χ2v) is 4.43. The molecule has 1 saturated carbocycles. The summed E-state index contributed by atoms with van der Waals surface area (Å²) in [6, 6.07) is 9.28. The number of benzene rings is 1. The lowest BCUT2D eigenvalue weighted by molar-refractivity contribution is 0.443. The number of aryl methyl sites for hydroxylation is 1. The standard InChI is InChI=1S/C14H20.CH4/c1-2-12-8-10-14(11-9-12)13-6-4-3-5-7-13;/h8-11,13H,2-7H2,1H3;1H4. The van der Waals surface area contributed by atoms with Gasteiger partial charge >= 0.3 is 0 Å². The van der Waals surface area contributed by atoms with Gasteiger partial charge in [-0.25, -0.2) is 0 Å². The zero-order chi connectivity index (χ0) is 9.80. The third kappa shape index (κ3) is 3.09. The highest BCUT2D eigenvalue weighted by atomic mass is 14.2. The Morgan fingerprint density at radius 3 is 2.13 bits per heavy atom. The predicted molar refractivity (Wildman–Crippen MR) is 68.4 cm³/mol. The van der Waals surface area contributed by atoms with Crippen molar-refractivity contribution in [2.75, 3.05) is 0 Å². The van der Waals surface area contributed by atoms with Crippen molar-refractivity contribution in [1.82, 2.24) is 0 Å². The van der Waals surface area contributed by atoms with Crippen LogP contribution in [0.3, 0.4) is 0 Å². The maximum absolute atomic E-state index is 2.34. The lowest BCUT2D eigenvalue weighted by atomic mass is 9.84. The maximum Gasteiger partial charge on any atom is -0.0162 e. The molecular formula is C15H24. The first-order valence-corrected chi connectivity index (χ1v) is 5.99. The first-order chi connectivity index (χ1) is 6.90. The summed E-state index contributed by atoms with van der Waals surface area (Å²) in [6.07, 6.45) is 8.28. The fourth-order valence-electron chi connectivity index (χ4n) is 2.46. The van der Waals surface area contributed by atoms with E-state index in [2.05, 4.69) is 31.2 Å². The van der Waals surface area contributed by atoms with Crippen LogP contribution in [0.1, 0.15) is 63.5 Å². The summed E-state index contributed by atoms with van der Waals surface area (Å²) in [6.45, 7) is 2.22. The van der Waals surface area contributed by atoms with Crippen molar-refractivity contribution in [1.29, 1.82) is 0 Å². The molecule has 0 heterocycles. The van der Waals surface area contributed by atoms with Crippen LogP contribution in [0.4, 0.5) is 0 Å². The Kier molecular flexibility index (Phi) is 4.87. The summed E-state index contributed by atoms with van der Waals surface area (Å²) in [5.41, 5.74) is 3.03. The second-order valence-electron chi connectivity index (χ2n) is 4.43. The average molecular weight is 204 g/mol. The van der Waals surface area contributed by atoms with Crippen LogP contribution in [0, 0.1) is 0 Å². The van der Waals surface area contributed by atoms with Crippen LogP contribution in [0.2, 0.25) is 0 Å². The normalized spacial score (nSPS) is 17.1. The zero-order valence-electron chi connectivity index (χ0n) is 9.13. The summed E-state index contributed by atoms with van der Waals surface area (Å²) >= 11 is 0. The van der Waals surface area contributed by atoms with E-state index in [0.29, 0.717) is 0 Å². The Morgan fingerprint density at radius 2 is 1.60 bits per heavy atom. The van der Waals surface area contributed by atoms with Crippen LogP contribution in [0.5, 0.6) is 0 Å². The van der Waals surface area contributed by atoms with Gasteiger partial charge < -0.3 is 0 Å². The Bertz CT molecular complexity index is 265. The zero-order valence-corrected chi connectivity index (χ0v) is 9.13. The largest absolute Gasteiger partial charge is 0.0776 e. The Morgan fingerprint density at radius 1 is 1.00 bits per heavy atom. The molecule has 0 heteroatoms. The van der Waals surface area contributed by atoms with Crippen LogP contribution in [0.25, 0.3) is 0 Å². The molecule has 0 aromatic heterocycles. The van der Waals surface area contributed by atoms with Gasteiger partial charge in [-0.15, -0.1) is 0 Å². The molecule has 0 spiro atoms. The van der Waals surface area contributed by atoms with Gasteiger partial charge in [0.25, 0.3) is 0 Å². The molecule has 0 aliphatic heterocycles. The molecule has 1 aromatic rings. The van der Waals surface area contributed by atoms with Crippen LogP contribution >= 0.6 is 0 Å². The van der Waals surface area contributed by atoms with Crippen LogP contribution in [-0.2, 0) is 6.42 Å². The molecule has 0 radical (unpaired) electrons. The van der Waals surface area contributed by atoms with Gasteiger partial charge in [0.2, 0.25) is 0 Å². The lowest BCUT2D eigenvalue weighted by Gasteiger charge is -2.22. The van der Waals surface area contributed by atoms with Gasteiger partial charge in [-0.3, -0.25) is 0 Å². The number of hydrogen-bond donors (Lipinski definition) is 0. The molecule has 1 fully saturated rings. The topological polar surface area (TPSA) is 0 Å². The first-order valence-electron chi connectivity index (χ1n) is 5.99. The molecular weight excluding hydrogens is 180 g/mol. The summed E-state index contributed by atoms with van der Waals surface area (Å²) < 4.78 is 0. The second kappa shape index (κ2) is 5.95. The molecule has 0 N–H and O–H groups in total. The molecule has 0 atom stereocenters. The summed E-state index contributed by atoms with van der Waals surface area (Å²) in [4.78, 5) is 0. The van der Waals surface area contributed by atoms with Gasteiger partial charge in [0.1, 0.15) is 0 Å². The minimum absolute atomic E-state index is 0. The maximum atomic E-state index is 2.34. The number of hydrogen-bond acceptors (Lipinski definition) is 0. The van der Waals surface area contributed by atoms with Gasteiger partial charge in [-0.1, -0.05) is 57.9 Å². The van der Waals surface area contributed by atoms with Crippen molar-refractivity contribution in [3.63, 3.8) is 0 Å². The van der Waals surface area contributed by atoms with Gasteiger partial charge in [0.15, 0.2) is 0 Å². The molecule has 0 nitrogen and oxygen atoms in total. The van der Waals surface area contributed by atoms with Crippen molar-refractivity contribution in [2.45, 2.75) is 58.8 Å². The molecule has 0 bridgehead atoms. The highest BCUT2D eigenvalue weighted by Gasteiger charge is 2.14. The van der Waals surface area contributed by atoms with Gasteiger partial charge in [-0.05, 0) is 36.3 Å². The molecule has 1 aliphatic carbocycles. The van der Waals surface area contributed by atoms with E-state index in [1.807, 2.05) is 0 Å². The third-order valence-electron chi connectivity index (χ3n) is 3.46. The van der Waals surface area contributed by atoms with Crippen molar-refractivity contribution in [3.8, 4) is 0 Å². The lowest BCUT2D eigenvalue weighted by Crippen LogP contribution is -2.04. The molecule has 84 valence electrons. The van der Waals surface area contributed by atoms with E-state index < -0.39 is 0 Å². The van der Waals surface area contributed by atoms with Gasteiger partial charge in [0, 0.05) is 0 Å². The quantitative estimate of drug-likeness (QED) is 0.640. The van der Waals surface area contributed by atoms with Gasteiger partial charge in [-0.2, -0.15) is 0 Å². The molecule has 2 rings (SSSR count). The van der Waals surface area contributed by atoms with Crippen molar-refractivity contribution in [2.24, 2.45) is 0 Å². The SMILES string of the molecule is C.CCc1ccc(C2CCCCC2)cc1. The average Bonchev–Trinajstić information content (AvgIpc) is 2.30. The van der Waals surface area contributed by atoms with Crippen LogP contribution < -0.4 is 0 Å². The van der Waals surface area contributed by atoms with Gasteiger partial charge in [0.05, 0.1) is 0 Å². The van der Waals surface area contributed by atoms with E-state index in [1.54, 1.807) is 5.56 Å². The fraction of sp³-hybridized carbons (Fsp3) is 0.600.